The second-order valence-electron chi connectivity index (χ2n) is 5.55. The van der Waals surface area contributed by atoms with Crippen molar-refractivity contribution in [3.8, 4) is 0 Å². The average molecular weight is 326 g/mol. The predicted molar refractivity (Wildman–Crippen MR) is 87.8 cm³/mol. The second-order valence-corrected chi connectivity index (χ2v) is 5.96. The van der Waals surface area contributed by atoms with Crippen molar-refractivity contribution in [1.82, 2.24) is 5.32 Å². The number of hydrogen-bond acceptors (Lipinski definition) is 5. The summed E-state index contributed by atoms with van der Waals surface area (Å²) in [6.07, 6.45) is -4.69. The Morgan fingerprint density at radius 3 is 2.41 bits per heavy atom. The van der Waals surface area contributed by atoms with E-state index in [1.54, 1.807) is 6.92 Å². The summed E-state index contributed by atoms with van der Waals surface area (Å²) in [5.41, 5.74) is 2.02. The van der Waals surface area contributed by atoms with Crippen molar-refractivity contribution in [2.75, 3.05) is 11.9 Å². The van der Waals surface area contributed by atoms with Crippen LogP contribution in [0, 0.1) is 6.92 Å². The van der Waals surface area contributed by atoms with E-state index in [1.165, 1.54) is 0 Å². The zero-order chi connectivity index (χ0) is 16.3. The molecule has 0 aromatic heterocycles. The molecule has 0 saturated carbocycles. The maximum absolute atomic E-state index is 9.92. The zero-order valence-electron chi connectivity index (χ0n) is 12.6. The molecule has 0 bridgehead atoms. The molecule has 1 aliphatic rings. The third kappa shape index (κ3) is 4.15. The molecule has 0 spiro atoms. The maximum Gasteiger partial charge on any atom is 0.170 e. The highest BCUT2D eigenvalue weighted by Crippen LogP contribution is 2.20. The number of aliphatic hydroxyl groups excluding tert-OH is 3. The molecule has 2 rings (SSSR count). The number of thiocarbonyl (C=S) groups is 1. The van der Waals surface area contributed by atoms with Gasteiger partial charge in [0.15, 0.2) is 5.11 Å². The van der Waals surface area contributed by atoms with E-state index in [9.17, 15) is 15.3 Å². The maximum atomic E-state index is 9.92. The van der Waals surface area contributed by atoms with Crippen LogP contribution in [0.25, 0.3) is 0 Å². The fourth-order valence-electron chi connectivity index (χ4n) is 2.31. The van der Waals surface area contributed by atoms with Crippen LogP contribution >= 0.6 is 12.2 Å². The van der Waals surface area contributed by atoms with Crippen molar-refractivity contribution in [3.63, 3.8) is 0 Å². The Hall–Kier alpha value is -1.25. The van der Waals surface area contributed by atoms with Gasteiger partial charge in [-0.25, -0.2) is 0 Å². The molecule has 0 aliphatic carbocycles. The van der Waals surface area contributed by atoms with Crippen molar-refractivity contribution in [3.05, 3.63) is 29.8 Å². The fraction of sp³-hybridized carbons (Fsp3) is 0.533. The summed E-state index contributed by atoms with van der Waals surface area (Å²) in [7, 11) is 0. The van der Waals surface area contributed by atoms with Gasteiger partial charge in [0.2, 0.25) is 0 Å². The minimum absolute atomic E-state index is 0.229. The molecular formula is C15H22N2O4S. The Labute approximate surface area is 135 Å². The lowest BCUT2D eigenvalue weighted by atomic mass is 9.96. The fourth-order valence-corrected chi connectivity index (χ4v) is 2.51. The topological polar surface area (TPSA) is 94.0 Å². The number of aryl methyl sites for hydroxylation is 1. The molecule has 5 N–H and O–H groups in total. The third-order valence-electron chi connectivity index (χ3n) is 3.72. The van der Waals surface area contributed by atoms with E-state index >= 15 is 0 Å². The molecule has 1 aromatic carbocycles. The molecule has 1 fully saturated rings. The molecule has 1 saturated heterocycles. The molecule has 7 heteroatoms. The van der Waals surface area contributed by atoms with Gasteiger partial charge in [-0.2, -0.15) is 0 Å². The van der Waals surface area contributed by atoms with Crippen LogP contribution in [0.1, 0.15) is 12.5 Å². The van der Waals surface area contributed by atoms with Gasteiger partial charge in [0, 0.05) is 12.2 Å². The Kier molecular flexibility index (Phi) is 5.71. The monoisotopic (exact) mass is 326 g/mol. The lowest BCUT2D eigenvalue weighted by molar-refractivity contribution is -0.214. The number of ether oxygens (including phenoxy) is 1. The molecule has 0 radical (unpaired) electrons. The van der Waals surface area contributed by atoms with Crippen LogP contribution in [-0.4, -0.2) is 57.5 Å². The van der Waals surface area contributed by atoms with Gasteiger partial charge in [0.25, 0.3) is 0 Å². The summed E-state index contributed by atoms with van der Waals surface area (Å²) in [6.45, 7) is 3.88. The van der Waals surface area contributed by atoms with Crippen molar-refractivity contribution in [2.45, 2.75) is 44.4 Å². The summed E-state index contributed by atoms with van der Waals surface area (Å²) < 4.78 is 5.49. The van der Waals surface area contributed by atoms with Gasteiger partial charge < -0.3 is 30.7 Å². The first-order valence-corrected chi connectivity index (χ1v) is 7.60. The van der Waals surface area contributed by atoms with Crippen LogP contribution in [-0.2, 0) is 4.74 Å². The van der Waals surface area contributed by atoms with Gasteiger partial charge in [-0.15, -0.1) is 0 Å². The van der Waals surface area contributed by atoms with Crippen LogP contribution in [0.15, 0.2) is 24.3 Å². The highest BCUT2D eigenvalue weighted by molar-refractivity contribution is 7.80. The summed E-state index contributed by atoms with van der Waals surface area (Å²) in [5.74, 6) is 0. The molecule has 5 atom stereocenters. The number of rotatable bonds is 3. The lowest BCUT2D eigenvalue weighted by Crippen LogP contribution is -2.59. The Morgan fingerprint density at radius 2 is 1.77 bits per heavy atom. The highest BCUT2D eigenvalue weighted by atomic mass is 32.1. The van der Waals surface area contributed by atoms with E-state index in [1.807, 2.05) is 31.2 Å². The number of nitrogens with one attached hydrogen (secondary N) is 2. The van der Waals surface area contributed by atoms with Crippen molar-refractivity contribution < 1.29 is 20.1 Å². The van der Waals surface area contributed by atoms with Gasteiger partial charge >= 0.3 is 0 Å². The average Bonchev–Trinajstić information content (AvgIpc) is 2.50. The zero-order valence-corrected chi connectivity index (χ0v) is 13.4. The number of anilines is 1. The van der Waals surface area contributed by atoms with Crippen molar-refractivity contribution >= 4 is 23.0 Å². The second kappa shape index (κ2) is 7.34. The minimum atomic E-state index is -1.23. The van der Waals surface area contributed by atoms with Crippen LogP contribution in [0.3, 0.4) is 0 Å². The first kappa shape index (κ1) is 17.1. The summed E-state index contributed by atoms with van der Waals surface area (Å²) in [6, 6.07) is 7.77. The summed E-state index contributed by atoms with van der Waals surface area (Å²) in [4.78, 5) is 0. The molecule has 122 valence electrons. The van der Waals surface area contributed by atoms with E-state index in [-0.39, 0.29) is 6.54 Å². The van der Waals surface area contributed by atoms with Gasteiger partial charge in [-0.1, -0.05) is 17.7 Å². The van der Waals surface area contributed by atoms with Crippen LogP contribution in [0.5, 0.6) is 0 Å². The van der Waals surface area contributed by atoms with Crippen LogP contribution in [0.4, 0.5) is 5.69 Å². The van der Waals surface area contributed by atoms with E-state index in [2.05, 4.69) is 10.6 Å². The van der Waals surface area contributed by atoms with E-state index in [0.717, 1.165) is 11.3 Å². The largest absolute Gasteiger partial charge is 0.388 e. The van der Waals surface area contributed by atoms with Crippen molar-refractivity contribution in [2.24, 2.45) is 0 Å². The quantitative estimate of drug-likeness (QED) is 0.505. The van der Waals surface area contributed by atoms with Crippen molar-refractivity contribution in [1.29, 1.82) is 0 Å². The van der Waals surface area contributed by atoms with Gasteiger partial charge in [0.1, 0.15) is 24.4 Å². The molecule has 0 amide bonds. The third-order valence-corrected chi connectivity index (χ3v) is 3.97. The molecule has 0 unspecified atom stereocenters. The summed E-state index contributed by atoms with van der Waals surface area (Å²) in [5, 5.41) is 35.7. The van der Waals surface area contributed by atoms with Gasteiger partial charge in [-0.3, -0.25) is 0 Å². The number of aliphatic hydroxyl groups is 3. The first-order chi connectivity index (χ1) is 10.4. The smallest absolute Gasteiger partial charge is 0.170 e. The highest BCUT2D eigenvalue weighted by Gasteiger charge is 2.41. The van der Waals surface area contributed by atoms with Crippen LogP contribution < -0.4 is 10.6 Å². The minimum Gasteiger partial charge on any atom is -0.388 e. The molecule has 6 nitrogen and oxygen atoms in total. The molecule has 1 aromatic rings. The van der Waals surface area contributed by atoms with Gasteiger partial charge in [0.05, 0.1) is 6.10 Å². The standard InChI is InChI=1S/C15H22N2O4S/c1-8-3-5-10(6-4-8)17-15(22)16-7-11-13(19)14(20)12(18)9(2)21-11/h3-6,9,11-14,18-20H,7H2,1-2H3,(H2,16,17,22)/t9-,11+,12+,13+,14+/m0/s1. The molecule has 1 aliphatic heterocycles. The SMILES string of the molecule is Cc1ccc(NC(=S)NC[C@H]2O[C@@H](C)[C@@H](O)[C@@H](O)[C@@H]2O)cc1. The number of benzene rings is 1. The Morgan fingerprint density at radius 1 is 1.14 bits per heavy atom. The number of hydrogen-bond donors (Lipinski definition) is 5. The van der Waals surface area contributed by atoms with Gasteiger partial charge in [-0.05, 0) is 38.2 Å². The normalized spacial score (nSPS) is 31.6. The molecule has 1 heterocycles. The lowest BCUT2D eigenvalue weighted by Gasteiger charge is -2.39. The van der Waals surface area contributed by atoms with E-state index in [0.29, 0.717) is 5.11 Å². The Balaban J connectivity index is 1.84. The summed E-state index contributed by atoms with van der Waals surface area (Å²) >= 11 is 5.19. The predicted octanol–water partition coefficient (Wildman–Crippen LogP) is 0.151. The van der Waals surface area contributed by atoms with E-state index < -0.39 is 30.5 Å². The Bertz CT molecular complexity index is 511. The van der Waals surface area contributed by atoms with Crippen LogP contribution in [0.2, 0.25) is 0 Å². The first-order valence-electron chi connectivity index (χ1n) is 7.19. The van der Waals surface area contributed by atoms with E-state index in [4.69, 9.17) is 17.0 Å². The molecular weight excluding hydrogens is 304 g/mol. The molecule has 22 heavy (non-hydrogen) atoms.